The van der Waals surface area contributed by atoms with E-state index in [1.54, 1.807) is 0 Å². The van der Waals surface area contributed by atoms with Gasteiger partial charge < -0.3 is 4.90 Å². The first-order valence-electron chi connectivity index (χ1n) is 6.44. The van der Waals surface area contributed by atoms with Gasteiger partial charge in [0.25, 0.3) is 0 Å². The first-order chi connectivity index (χ1) is 7.02. The molecule has 15 heavy (non-hydrogen) atoms. The van der Waals surface area contributed by atoms with Crippen molar-refractivity contribution in [1.29, 1.82) is 0 Å². The van der Waals surface area contributed by atoms with Crippen LogP contribution in [-0.2, 0) is 0 Å². The van der Waals surface area contributed by atoms with E-state index < -0.39 is 0 Å². The molecule has 1 fully saturated rings. The van der Waals surface area contributed by atoms with Gasteiger partial charge in [-0.15, -0.1) is 0 Å². The minimum atomic E-state index is 0.723. The molecule has 0 amide bonds. The average Bonchev–Trinajstić information content (AvgIpc) is 2.20. The smallest absolute Gasteiger partial charge is 0.0312 e. The van der Waals surface area contributed by atoms with Crippen LogP contribution in [0, 0.1) is 11.8 Å². The van der Waals surface area contributed by atoms with E-state index in [1.807, 2.05) is 13.8 Å². The Labute approximate surface area is 96.6 Å². The van der Waals surface area contributed by atoms with Crippen molar-refractivity contribution in [2.24, 2.45) is 11.8 Å². The molecule has 0 bridgehead atoms. The maximum Gasteiger partial charge on any atom is 0.0312 e. The number of likely N-dealkylation sites (tertiary alicyclic amines) is 1. The summed E-state index contributed by atoms with van der Waals surface area (Å²) >= 11 is 0. The lowest BCUT2D eigenvalue weighted by atomic mass is 9.86. The Morgan fingerprint density at radius 1 is 1.33 bits per heavy atom. The van der Waals surface area contributed by atoms with Gasteiger partial charge in [0.15, 0.2) is 0 Å². The highest BCUT2D eigenvalue weighted by molar-refractivity contribution is 4.96. The number of nitrogens with zero attached hydrogens (tertiary/aromatic N) is 1. The van der Waals surface area contributed by atoms with Crippen molar-refractivity contribution in [1.82, 2.24) is 4.90 Å². The van der Waals surface area contributed by atoms with E-state index in [9.17, 15) is 0 Å². The molecule has 1 aliphatic rings. The second kappa shape index (κ2) is 6.92. The van der Waals surface area contributed by atoms with E-state index in [2.05, 4.69) is 39.2 Å². The molecule has 1 saturated heterocycles. The van der Waals surface area contributed by atoms with Gasteiger partial charge >= 0.3 is 0 Å². The summed E-state index contributed by atoms with van der Waals surface area (Å²) in [4.78, 5) is 2.49. The predicted octanol–water partition coefficient (Wildman–Crippen LogP) is 4.30. The Hall–Kier alpha value is -0.460. The maximum absolute atomic E-state index is 4.06. The maximum atomic E-state index is 4.06. The summed E-state index contributed by atoms with van der Waals surface area (Å²) in [7, 11) is 0. The van der Waals surface area contributed by atoms with Gasteiger partial charge in [-0.25, -0.2) is 0 Å². The number of hydrogen-bond acceptors (Lipinski definition) is 1. The third-order valence-corrected chi connectivity index (χ3v) is 3.17. The molecule has 0 unspecified atom stereocenters. The fourth-order valence-corrected chi connectivity index (χ4v) is 2.29. The van der Waals surface area contributed by atoms with Crippen LogP contribution in [0.15, 0.2) is 12.3 Å². The normalized spacial score (nSPS) is 25.9. The van der Waals surface area contributed by atoms with Crippen LogP contribution < -0.4 is 0 Å². The van der Waals surface area contributed by atoms with Crippen molar-refractivity contribution in [2.45, 2.75) is 60.4 Å². The van der Waals surface area contributed by atoms with E-state index in [0.29, 0.717) is 0 Å². The molecule has 0 saturated carbocycles. The lowest BCUT2D eigenvalue weighted by Gasteiger charge is -2.42. The highest BCUT2D eigenvalue weighted by Gasteiger charge is 2.27. The van der Waals surface area contributed by atoms with Crippen LogP contribution in [0.25, 0.3) is 0 Å². The topological polar surface area (TPSA) is 3.24 Å². The van der Waals surface area contributed by atoms with E-state index in [4.69, 9.17) is 0 Å². The van der Waals surface area contributed by atoms with Crippen LogP contribution in [0.1, 0.15) is 54.4 Å². The van der Waals surface area contributed by atoms with Gasteiger partial charge in [0.1, 0.15) is 0 Å². The Kier molecular flexibility index (Phi) is 6.71. The first kappa shape index (κ1) is 14.5. The average molecular weight is 211 g/mol. The molecule has 90 valence electrons. The zero-order valence-corrected chi connectivity index (χ0v) is 11.5. The molecular weight excluding hydrogens is 182 g/mol. The van der Waals surface area contributed by atoms with Gasteiger partial charge in [-0.1, -0.05) is 41.2 Å². The third kappa shape index (κ3) is 4.27. The molecule has 1 heteroatoms. The van der Waals surface area contributed by atoms with Gasteiger partial charge in [0, 0.05) is 18.3 Å². The Morgan fingerprint density at radius 2 is 1.87 bits per heavy atom. The molecule has 1 rings (SSSR count). The van der Waals surface area contributed by atoms with Gasteiger partial charge in [0.05, 0.1) is 0 Å². The van der Waals surface area contributed by atoms with Crippen molar-refractivity contribution >= 4 is 0 Å². The fourth-order valence-electron chi connectivity index (χ4n) is 2.29. The number of rotatable bonds is 2. The standard InChI is InChI=1S/C12H23N.C2H6/c1-9(2)12-8-11(5)6-7-13(12)10(3)4;1-2/h9,11-12H,3,6-8H2,1-2,4-5H3;1-2H3/t11-,12+;/m1./s1. The van der Waals surface area contributed by atoms with E-state index >= 15 is 0 Å². The summed E-state index contributed by atoms with van der Waals surface area (Å²) in [6.07, 6.45) is 2.67. The molecule has 0 aromatic carbocycles. The third-order valence-electron chi connectivity index (χ3n) is 3.17. The Bertz CT molecular complexity index is 184. The largest absolute Gasteiger partial charge is 0.372 e. The summed E-state index contributed by atoms with van der Waals surface area (Å²) in [6.45, 7) is 18.4. The van der Waals surface area contributed by atoms with Gasteiger partial charge in [-0.2, -0.15) is 0 Å². The molecule has 0 N–H and O–H groups in total. The molecule has 0 aliphatic carbocycles. The molecule has 1 nitrogen and oxygen atoms in total. The molecule has 0 aromatic rings. The van der Waals surface area contributed by atoms with Crippen molar-refractivity contribution in [3.05, 3.63) is 12.3 Å². The summed E-state index contributed by atoms with van der Waals surface area (Å²) in [5.74, 6) is 1.64. The molecule has 0 aromatic heterocycles. The minimum Gasteiger partial charge on any atom is -0.372 e. The summed E-state index contributed by atoms with van der Waals surface area (Å²) in [5, 5.41) is 0. The molecule has 1 aliphatic heterocycles. The van der Waals surface area contributed by atoms with Gasteiger partial charge in [-0.3, -0.25) is 0 Å². The Morgan fingerprint density at radius 3 is 2.27 bits per heavy atom. The van der Waals surface area contributed by atoms with Crippen LogP contribution in [0.4, 0.5) is 0 Å². The molecule has 1 heterocycles. The summed E-state index contributed by atoms with van der Waals surface area (Å²) in [6, 6.07) is 0.723. The monoisotopic (exact) mass is 211 g/mol. The van der Waals surface area contributed by atoms with Gasteiger partial charge in [-0.05, 0) is 31.6 Å². The Balaban J connectivity index is 0.000000921. The summed E-state index contributed by atoms with van der Waals surface area (Å²) < 4.78 is 0. The van der Waals surface area contributed by atoms with Crippen LogP contribution in [0.3, 0.4) is 0 Å². The zero-order valence-electron chi connectivity index (χ0n) is 11.5. The van der Waals surface area contributed by atoms with E-state index in [-0.39, 0.29) is 0 Å². The first-order valence-corrected chi connectivity index (χ1v) is 6.44. The number of hydrogen-bond donors (Lipinski definition) is 0. The van der Waals surface area contributed by atoms with Crippen LogP contribution in [-0.4, -0.2) is 17.5 Å². The van der Waals surface area contributed by atoms with Crippen LogP contribution in [0.2, 0.25) is 0 Å². The zero-order chi connectivity index (χ0) is 12.0. The second-order valence-corrected chi connectivity index (χ2v) is 4.87. The lowest BCUT2D eigenvalue weighted by molar-refractivity contribution is 0.121. The van der Waals surface area contributed by atoms with Crippen molar-refractivity contribution in [3.8, 4) is 0 Å². The second-order valence-electron chi connectivity index (χ2n) is 4.87. The van der Waals surface area contributed by atoms with Crippen LogP contribution >= 0.6 is 0 Å². The highest BCUT2D eigenvalue weighted by atomic mass is 15.2. The van der Waals surface area contributed by atoms with Gasteiger partial charge in [0.2, 0.25) is 0 Å². The quantitative estimate of drug-likeness (QED) is 0.658. The van der Waals surface area contributed by atoms with Crippen molar-refractivity contribution < 1.29 is 0 Å². The molecule has 0 radical (unpaired) electrons. The minimum absolute atomic E-state index is 0.723. The van der Waals surface area contributed by atoms with E-state index in [1.165, 1.54) is 25.1 Å². The number of piperidine rings is 1. The SMILES string of the molecule is C=C(C)N1CC[C@@H](C)C[C@H]1C(C)C.CC. The molecule has 2 atom stereocenters. The van der Waals surface area contributed by atoms with Crippen molar-refractivity contribution in [3.63, 3.8) is 0 Å². The predicted molar refractivity (Wildman–Crippen MR) is 69.9 cm³/mol. The molecule has 0 spiro atoms. The van der Waals surface area contributed by atoms with Crippen LogP contribution in [0.5, 0.6) is 0 Å². The molecular formula is C14H29N. The fraction of sp³-hybridized carbons (Fsp3) is 0.857. The summed E-state index contributed by atoms with van der Waals surface area (Å²) in [5.41, 5.74) is 1.24. The van der Waals surface area contributed by atoms with Crippen molar-refractivity contribution in [2.75, 3.05) is 6.54 Å². The highest BCUT2D eigenvalue weighted by Crippen LogP contribution is 2.29. The lowest BCUT2D eigenvalue weighted by Crippen LogP contribution is -2.43. The number of allylic oxidation sites excluding steroid dienone is 1. The van der Waals surface area contributed by atoms with E-state index in [0.717, 1.165) is 17.9 Å².